The standard InChI is InChI=1S/C7H9ClN2S/c1-11-4-6-5(8)2-3-7(9)10-6/h2-3H,4H2,1H3,(H2,9,10). The second-order valence-electron chi connectivity index (χ2n) is 2.10. The summed E-state index contributed by atoms with van der Waals surface area (Å²) in [5.74, 6) is 1.34. The molecule has 0 spiro atoms. The van der Waals surface area contributed by atoms with E-state index in [0.717, 1.165) is 11.4 Å². The minimum Gasteiger partial charge on any atom is -0.384 e. The number of hydrogen-bond donors (Lipinski definition) is 1. The highest BCUT2D eigenvalue weighted by Crippen LogP contribution is 2.18. The van der Waals surface area contributed by atoms with Crippen LogP contribution in [0.15, 0.2) is 12.1 Å². The van der Waals surface area contributed by atoms with Gasteiger partial charge in [0, 0.05) is 5.75 Å². The highest BCUT2D eigenvalue weighted by atomic mass is 35.5. The molecule has 0 aliphatic carbocycles. The third-order valence-electron chi connectivity index (χ3n) is 1.22. The van der Waals surface area contributed by atoms with Gasteiger partial charge < -0.3 is 5.73 Å². The quantitative estimate of drug-likeness (QED) is 0.774. The molecule has 0 saturated heterocycles. The van der Waals surface area contributed by atoms with Gasteiger partial charge in [0.15, 0.2) is 0 Å². The molecule has 60 valence electrons. The summed E-state index contributed by atoms with van der Waals surface area (Å²) in [6, 6.07) is 3.47. The molecular weight excluding hydrogens is 180 g/mol. The number of halogens is 1. The Kier molecular flexibility index (Phi) is 3.02. The highest BCUT2D eigenvalue weighted by molar-refractivity contribution is 7.97. The van der Waals surface area contributed by atoms with E-state index in [9.17, 15) is 0 Å². The summed E-state index contributed by atoms with van der Waals surface area (Å²) in [5, 5.41) is 0.688. The third kappa shape index (κ3) is 2.27. The lowest BCUT2D eigenvalue weighted by molar-refractivity contribution is 1.19. The number of nitrogens with zero attached hydrogens (tertiary/aromatic N) is 1. The molecule has 0 radical (unpaired) electrons. The van der Waals surface area contributed by atoms with Gasteiger partial charge in [-0.3, -0.25) is 0 Å². The zero-order valence-corrected chi connectivity index (χ0v) is 7.75. The number of nitrogens with two attached hydrogens (primary N) is 1. The molecule has 1 aromatic rings. The molecule has 0 amide bonds. The van der Waals surface area contributed by atoms with Gasteiger partial charge >= 0.3 is 0 Å². The van der Waals surface area contributed by atoms with Crippen molar-refractivity contribution in [2.75, 3.05) is 12.0 Å². The molecule has 4 heteroatoms. The van der Waals surface area contributed by atoms with Gasteiger partial charge in [-0.05, 0) is 18.4 Å². The number of anilines is 1. The van der Waals surface area contributed by atoms with Crippen molar-refractivity contribution in [3.05, 3.63) is 22.8 Å². The second kappa shape index (κ2) is 3.83. The van der Waals surface area contributed by atoms with Crippen LogP contribution in [0.4, 0.5) is 5.82 Å². The topological polar surface area (TPSA) is 38.9 Å². The van der Waals surface area contributed by atoms with Gasteiger partial charge in [-0.2, -0.15) is 11.8 Å². The molecule has 2 N–H and O–H groups in total. The average molecular weight is 189 g/mol. The summed E-state index contributed by atoms with van der Waals surface area (Å²) in [5.41, 5.74) is 6.34. The SMILES string of the molecule is CSCc1nc(N)ccc1Cl. The zero-order chi connectivity index (χ0) is 8.27. The summed E-state index contributed by atoms with van der Waals surface area (Å²) in [4.78, 5) is 4.09. The number of hydrogen-bond acceptors (Lipinski definition) is 3. The maximum Gasteiger partial charge on any atom is 0.123 e. The molecule has 11 heavy (non-hydrogen) atoms. The first-order valence-electron chi connectivity index (χ1n) is 3.14. The summed E-state index contributed by atoms with van der Waals surface area (Å²) < 4.78 is 0. The predicted molar refractivity (Wildman–Crippen MR) is 50.9 cm³/mol. The fourth-order valence-electron chi connectivity index (χ4n) is 0.739. The lowest BCUT2D eigenvalue weighted by Gasteiger charge is -2.00. The largest absolute Gasteiger partial charge is 0.384 e. The number of aromatic nitrogens is 1. The van der Waals surface area contributed by atoms with Gasteiger partial charge in [-0.15, -0.1) is 0 Å². The van der Waals surface area contributed by atoms with Crippen molar-refractivity contribution in [1.82, 2.24) is 4.98 Å². The minimum atomic E-state index is 0.526. The molecule has 1 aromatic heterocycles. The van der Waals surface area contributed by atoms with E-state index in [-0.39, 0.29) is 0 Å². The van der Waals surface area contributed by atoms with Crippen molar-refractivity contribution in [3.63, 3.8) is 0 Å². The van der Waals surface area contributed by atoms with Crippen LogP contribution < -0.4 is 5.73 Å². The number of pyridine rings is 1. The molecule has 0 bridgehead atoms. The summed E-state index contributed by atoms with van der Waals surface area (Å²) in [7, 11) is 0. The van der Waals surface area contributed by atoms with Crippen LogP contribution in [0.1, 0.15) is 5.69 Å². The molecule has 0 unspecified atom stereocenters. The van der Waals surface area contributed by atoms with Crippen molar-refractivity contribution in [3.8, 4) is 0 Å². The van der Waals surface area contributed by atoms with Gasteiger partial charge in [0.1, 0.15) is 5.82 Å². The Morgan fingerprint density at radius 2 is 2.36 bits per heavy atom. The molecule has 0 aromatic carbocycles. The van der Waals surface area contributed by atoms with Crippen LogP contribution in [-0.4, -0.2) is 11.2 Å². The molecule has 0 aliphatic rings. The van der Waals surface area contributed by atoms with Gasteiger partial charge in [0.2, 0.25) is 0 Å². The predicted octanol–water partition coefficient (Wildman–Crippen LogP) is 2.18. The number of rotatable bonds is 2. The average Bonchev–Trinajstić information content (AvgIpc) is 1.98. The maximum absolute atomic E-state index is 5.84. The molecule has 0 atom stereocenters. The lowest BCUT2D eigenvalue weighted by Crippen LogP contribution is -1.94. The van der Waals surface area contributed by atoms with Crippen molar-refractivity contribution in [1.29, 1.82) is 0 Å². The minimum absolute atomic E-state index is 0.526. The Hall–Kier alpha value is -0.410. The van der Waals surface area contributed by atoms with Crippen molar-refractivity contribution in [2.24, 2.45) is 0 Å². The van der Waals surface area contributed by atoms with E-state index in [1.54, 1.807) is 23.9 Å². The Bertz CT molecular complexity index is 252. The summed E-state index contributed by atoms with van der Waals surface area (Å²) in [6.45, 7) is 0. The van der Waals surface area contributed by atoms with Crippen LogP contribution >= 0.6 is 23.4 Å². The van der Waals surface area contributed by atoms with Gasteiger partial charge in [0.05, 0.1) is 10.7 Å². The van der Waals surface area contributed by atoms with Crippen molar-refractivity contribution >= 4 is 29.2 Å². The highest BCUT2D eigenvalue weighted by Gasteiger charge is 2.00. The lowest BCUT2D eigenvalue weighted by atomic mass is 10.4. The number of nitrogen functional groups attached to an aromatic ring is 1. The summed E-state index contributed by atoms with van der Waals surface area (Å²) in [6.07, 6.45) is 2.00. The van der Waals surface area contributed by atoms with E-state index >= 15 is 0 Å². The fraction of sp³-hybridized carbons (Fsp3) is 0.286. The molecule has 0 saturated carbocycles. The number of thioether (sulfide) groups is 1. The maximum atomic E-state index is 5.84. The van der Waals surface area contributed by atoms with Crippen molar-refractivity contribution in [2.45, 2.75) is 5.75 Å². The van der Waals surface area contributed by atoms with E-state index in [0.29, 0.717) is 10.8 Å². The van der Waals surface area contributed by atoms with Crippen LogP contribution in [0.5, 0.6) is 0 Å². The molecule has 0 aliphatic heterocycles. The molecular formula is C7H9ClN2S. The fourth-order valence-corrected chi connectivity index (χ4v) is 1.48. The Balaban J connectivity index is 2.93. The molecule has 1 heterocycles. The van der Waals surface area contributed by atoms with E-state index < -0.39 is 0 Å². The Morgan fingerprint density at radius 1 is 1.64 bits per heavy atom. The van der Waals surface area contributed by atoms with E-state index in [1.165, 1.54) is 0 Å². The second-order valence-corrected chi connectivity index (χ2v) is 3.37. The van der Waals surface area contributed by atoms with Gasteiger partial charge in [0.25, 0.3) is 0 Å². The molecule has 0 fully saturated rings. The van der Waals surface area contributed by atoms with Gasteiger partial charge in [-0.1, -0.05) is 11.6 Å². The van der Waals surface area contributed by atoms with E-state index in [4.69, 9.17) is 17.3 Å². The first-order valence-corrected chi connectivity index (χ1v) is 4.91. The Morgan fingerprint density at radius 3 is 3.00 bits per heavy atom. The van der Waals surface area contributed by atoms with E-state index in [2.05, 4.69) is 4.98 Å². The van der Waals surface area contributed by atoms with Crippen LogP contribution in [-0.2, 0) is 5.75 Å². The normalized spacial score (nSPS) is 10.0. The van der Waals surface area contributed by atoms with E-state index in [1.807, 2.05) is 6.26 Å². The smallest absolute Gasteiger partial charge is 0.123 e. The van der Waals surface area contributed by atoms with Crippen LogP contribution in [0.2, 0.25) is 5.02 Å². The first kappa shape index (κ1) is 8.68. The monoisotopic (exact) mass is 188 g/mol. The summed E-state index contributed by atoms with van der Waals surface area (Å²) >= 11 is 7.52. The van der Waals surface area contributed by atoms with Crippen LogP contribution in [0.25, 0.3) is 0 Å². The Labute approximate surface area is 75.1 Å². The zero-order valence-electron chi connectivity index (χ0n) is 6.17. The molecule has 2 nitrogen and oxygen atoms in total. The first-order chi connectivity index (χ1) is 5.24. The van der Waals surface area contributed by atoms with Crippen molar-refractivity contribution < 1.29 is 0 Å². The van der Waals surface area contributed by atoms with Gasteiger partial charge in [-0.25, -0.2) is 4.98 Å². The van der Waals surface area contributed by atoms with Crippen LogP contribution in [0, 0.1) is 0 Å². The third-order valence-corrected chi connectivity index (χ3v) is 2.13. The molecule has 1 rings (SSSR count). The van der Waals surface area contributed by atoms with Crippen LogP contribution in [0.3, 0.4) is 0 Å².